The molecule has 0 saturated carbocycles. The monoisotopic (exact) mass is 464 g/mol. The Kier molecular flexibility index (Phi) is 7.05. The van der Waals surface area contributed by atoms with Gasteiger partial charge in [-0.15, -0.1) is 0 Å². The second kappa shape index (κ2) is 10.2. The summed E-state index contributed by atoms with van der Waals surface area (Å²) >= 11 is 0. The lowest BCUT2D eigenvalue weighted by molar-refractivity contribution is -0.122. The maximum absolute atomic E-state index is 12.6. The number of methoxy groups -OCH3 is 2. The first-order valence-corrected chi connectivity index (χ1v) is 11.6. The highest BCUT2D eigenvalue weighted by Gasteiger charge is 2.38. The second-order valence-electron chi connectivity index (χ2n) is 8.95. The van der Waals surface area contributed by atoms with Crippen LogP contribution in [0.3, 0.4) is 0 Å². The van der Waals surface area contributed by atoms with E-state index in [1.165, 1.54) is 0 Å². The Hall–Kier alpha value is -3.55. The molecule has 3 aromatic rings. The zero-order valence-electron chi connectivity index (χ0n) is 20.0. The highest BCUT2D eigenvalue weighted by atomic mass is 16.5. The molecule has 0 bridgehead atoms. The summed E-state index contributed by atoms with van der Waals surface area (Å²) in [6.45, 7) is 2.54. The molecule has 0 radical (unpaired) electrons. The number of rotatable bonds is 10. The molecule has 1 aliphatic rings. The van der Waals surface area contributed by atoms with Crippen LogP contribution in [-0.2, 0) is 22.4 Å². The van der Waals surface area contributed by atoms with Gasteiger partial charge in [-0.3, -0.25) is 9.59 Å². The van der Waals surface area contributed by atoms with E-state index in [4.69, 9.17) is 9.47 Å². The number of para-hydroxylation sites is 1. The summed E-state index contributed by atoms with van der Waals surface area (Å²) in [6, 6.07) is 11.8. The predicted molar refractivity (Wildman–Crippen MR) is 130 cm³/mol. The summed E-state index contributed by atoms with van der Waals surface area (Å²) in [5.41, 5.74) is 3.70. The van der Waals surface area contributed by atoms with Gasteiger partial charge in [0.05, 0.1) is 25.3 Å². The molecule has 2 aromatic carbocycles. The van der Waals surface area contributed by atoms with Crippen molar-refractivity contribution in [1.29, 1.82) is 0 Å². The zero-order chi connectivity index (χ0) is 24.1. The fourth-order valence-corrected chi connectivity index (χ4v) is 4.67. The molecule has 3 N–H and O–H groups in total. The first-order chi connectivity index (χ1) is 16.4. The Balaban J connectivity index is 1.33. The van der Waals surface area contributed by atoms with Gasteiger partial charge in [0.25, 0.3) is 0 Å². The molecule has 34 heavy (non-hydrogen) atoms. The van der Waals surface area contributed by atoms with Crippen molar-refractivity contribution >= 4 is 22.8 Å². The van der Waals surface area contributed by atoms with Gasteiger partial charge in [-0.05, 0) is 55.5 Å². The summed E-state index contributed by atoms with van der Waals surface area (Å²) < 4.78 is 10.7. The van der Waals surface area contributed by atoms with Gasteiger partial charge in [-0.25, -0.2) is 4.98 Å². The van der Waals surface area contributed by atoms with Crippen molar-refractivity contribution in [3.8, 4) is 11.5 Å². The number of fused-ring (bicyclic) bond motifs is 1. The van der Waals surface area contributed by atoms with Crippen molar-refractivity contribution in [2.75, 3.05) is 20.8 Å². The number of H-pyrrole nitrogens is 1. The van der Waals surface area contributed by atoms with E-state index in [1.54, 1.807) is 14.2 Å². The van der Waals surface area contributed by atoms with Crippen molar-refractivity contribution in [2.24, 2.45) is 0 Å². The van der Waals surface area contributed by atoms with E-state index in [-0.39, 0.29) is 11.8 Å². The fraction of sp³-hybridized carbons (Fsp3) is 0.423. The number of aromatic nitrogens is 2. The highest BCUT2D eigenvalue weighted by molar-refractivity contribution is 5.80. The Morgan fingerprint density at radius 2 is 2.00 bits per heavy atom. The lowest BCUT2D eigenvalue weighted by Crippen LogP contribution is -2.44. The number of nitrogens with zero attached hydrogens (tertiary/aromatic N) is 1. The quantitative estimate of drug-likeness (QED) is 0.427. The average Bonchev–Trinajstić information content (AvgIpc) is 3.42. The van der Waals surface area contributed by atoms with Gasteiger partial charge in [0.1, 0.15) is 5.82 Å². The number of hydrogen-bond donors (Lipinski definition) is 3. The van der Waals surface area contributed by atoms with Crippen LogP contribution in [0.2, 0.25) is 0 Å². The molecule has 1 aliphatic heterocycles. The number of aryl methyl sites for hydroxylation is 1. The summed E-state index contributed by atoms with van der Waals surface area (Å²) in [7, 11) is 3.20. The van der Waals surface area contributed by atoms with Gasteiger partial charge in [0.2, 0.25) is 11.8 Å². The van der Waals surface area contributed by atoms with Crippen LogP contribution in [0.25, 0.3) is 11.0 Å². The van der Waals surface area contributed by atoms with E-state index in [0.29, 0.717) is 56.6 Å². The van der Waals surface area contributed by atoms with Crippen LogP contribution < -0.4 is 20.1 Å². The molecule has 180 valence electrons. The van der Waals surface area contributed by atoms with Crippen LogP contribution in [0.4, 0.5) is 0 Å². The number of amides is 2. The maximum atomic E-state index is 12.6. The predicted octanol–water partition coefficient (Wildman–Crippen LogP) is 3.22. The lowest BCUT2D eigenvalue weighted by atomic mass is 9.85. The number of ether oxygens (including phenoxy) is 2. The number of imidazole rings is 1. The molecule has 1 fully saturated rings. The number of carbonyl (C=O) groups excluding carboxylic acids is 2. The van der Waals surface area contributed by atoms with Crippen LogP contribution in [0, 0.1) is 6.92 Å². The largest absolute Gasteiger partial charge is 0.493 e. The second-order valence-corrected chi connectivity index (χ2v) is 8.95. The third kappa shape index (κ3) is 5.32. The van der Waals surface area contributed by atoms with Gasteiger partial charge >= 0.3 is 0 Å². The van der Waals surface area contributed by atoms with Crippen molar-refractivity contribution in [3.05, 3.63) is 53.3 Å². The summed E-state index contributed by atoms with van der Waals surface area (Å²) in [5, 5.41) is 6.12. The van der Waals surface area contributed by atoms with E-state index in [9.17, 15) is 9.59 Å². The van der Waals surface area contributed by atoms with Crippen LogP contribution in [-0.4, -0.2) is 48.1 Å². The van der Waals surface area contributed by atoms with E-state index >= 15 is 0 Å². The molecule has 2 heterocycles. The first-order valence-electron chi connectivity index (χ1n) is 11.6. The highest BCUT2D eigenvalue weighted by Crippen LogP contribution is 2.33. The Morgan fingerprint density at radius 1 is 1.18 bits per heavy atom. The summed E-state index contributed by atoms with van der Waals surface area (Å²) in [5.74, 6) is 2.17. The molecule has 2 amide bonds. The molecule has 0 aliphatic carbocycles. The lowest BCUT2D eigenvalue weighted by Gasteiger charge is -2.29. The molecular formula is C26H32N4O4. The number of benzene rings is 2. The molecule has 4 rings (SSSR count). The molecule has 8 nitrogen and oxygen atoms in total. The van der Waals surface area contributed by atoms with Crippen molar-refractivity contribution in [1.82, 2.24) is 20.6 Å². The Bertz CT molecular complexity index is 1190. The van der Waals surface area contributed by atoms with Crippen molar-refractivity contribution in [3.63, 3.8) is 0 Å². The third-order valence-corrected chi connectivity index (χ3v) is 6.50. The fourth-order valence-electron chi connectivity index (χ4n) is 4.67. The van der Waals surface area contributed by atoms with Crippen LogP contribution in [0.5, 0.6) is 11.5 Å². The molecule has 1 atom stereocenters. The molecule has 0 spiro atoms. The molecule has 1 unspecified atom stereocenters. The van der Waals surface area contributed by atoms with Crippen LogP contribution >= 0.6 is 0 Å². The zero-order valence-corrected chi connectivity index (χ0v) is 20.0. The molecular weight excluding hydrogens is 432 g/mol. The van der Waals surface area contributed by atoms with Gasteiger partial charge in [0.15, 0.2) is 11.5 Å². The maximum Gasteiger partial charge on any atom is 0.220 e. The van der Waals surface area contributed by atoms with E-state index < -0.39 is 5.54 Å². The first kappa shape index (κ1) is 23.6. The van der Waals surface area contributed by atoms with Gasteiger partial charge < -0.3 is 25.1 Å². The normalized spacial score (nSPS) is 17.6. The smallest absolute Gasteiger partial charge is 0.220 e. The number of nitrogens with one attached hydrogen (secondary N) is 3. The molecule has 8 heteroatoms. The number of hydrogen-bond acceptors (Lipinski definition) is 5. The van der Waals surface area contributed by atoms with Gasteiger partial charge in [-0.1, -0.05) is 18.2 Å². The summed E-state index contributed by atoms with van der Waals surface area (Å²) in [6.07, 6.45) is 3.35. The van der Waals surface area contributed by atoms with Crippen LogP contribution in [0.1, 0.15) is 42.6 Å². The Morgan fingerprint density at radius 3 is 2.71 bits per heavy atom. The topological polar surface area (TPSA) is 105 Å². The van der Waals surface area contributed by atoms with Crippen molar-refractivity contribution in [2.45, 2.75) is 51.0 Å². The third-order valence-electron chi connectivity index (χ3n) is 6.50. The standard InChI is InChI=1S/C26H32N4O4/c1-17-5-4-6-19-25(17)29-22(28-19)11-14-27-23(31)9-12-26(13-10-24(32)30-26)16-18-7-8-20(33-2)21(15-18)34-3/h4-8,15H,9-14,16H2,1-3H3,(H,27,31)(H,28,29)(H,30,32). The van der Waals surface area contributed by atoms with Crippen molar-refractivity contribution < 1.29 is 19.1 Å². The van der Waals surface area contributed by atoms with Gasteiger partial charge in [0, 0.05) is 31.3 Å². The van der Waals surface area contributed by atoms with Crippen LogP contribution in [0.15, 0.2) is 36.4 Å². The SMILES string of the molecule is COc1ccc(CC2(CCC(=O)NCCc3nc4c(C)cccc4[nH]3)CCC(=O)N2)cc1OC. The van der Waals surface area contributed by atoms with E-state index in [0.717, 1.165) is 28.0 Å². The van der Waals surface area contributed by atoms with Gasteiger partial charge in [-0.2, -0.15) is 0 Å². The minimum Gasteiger partial charge on any atom is -0.493 e. The number of carbonyl (C=O) groups is 2. The molecule has 1 saturated heterocycles. The minimum atomic E-state index is -0.440. The average molecular weight is 465 g/mol. The van der Waals surface area contributed by atoms with E-state index in [2.05, 4.69) is 20.6 Å². The number of aromatic amines is 1. The molecule has 1 aromatic heterocycles. The Labute approximate surface area is 199 Å². The summed E-state index contributed by atoms with van der Waals surface area (Å²) in [4.78, 5) is 32.6. The van der Waals surface area contributed by atoms with E-state index in [1.807, 2.05) is 43.3 Å². The minimum absolute atomic E-state index is 0.0277.